The zero-order valence-electron chi connectivity index (χ0n) is 18.5. The summed E-state index contributed by atoms with van der Waals surface area (Å²) in [5.41, 5.74) is 0.337. The number of anilines is 1. The number of rotatable bonds is 10. The number of carboxylic acid groups (broad SMARTS) is 1. The molecule has 6 nitrogen and oxygen atoms in total. The Morgan fingerprint density at radius 1 is 1.19 bits per heavy atom. The van der Waals surface area contributed by atoms with Gasteiger partial charge in [0.2, 0.25) is 5.91 Å². The molecule has 1 aliphatic rings. The first-order chi connectivity index (χ1) is 15.0. The summed E-state index contributed by atoms with van der Waals surface area (Å²) in [5.74, 6) is -1.94. The van der Waals surface area contributed by atoms with Gasteiger partial charge in [-0.05, 0) is 68.9 Å². The summed E-state index contributed by atoms with van der Waals surface area (Å²) in [6.07, 6.45) is 2.22. The highest BCUT2D eigenvalue weighted by atomic mass is 19.1. The largest absolute Gasteiger partial charge is 0.478 e. The van der Waals surface area contributed by atoms with Crippen LogP contribution >= 0.6 is 0 Å². The normalized spacial score (nSPS) is 13.8. The topological polar surface area (TPSA) is 78.9 Å². The van der Waals surface area contributed by atoms with Crippen LogP contribution in [-0.4, -0.2) is 40.6 Å². The smallest absolute Gasteiger partial charge is 0.347 e. The number of aryl methyl sites for hydroxylation is 1. The SMILES string of the molecule is Cc1cc(CN(CC(=O)Nc2ccc(F)cc2F)CC2CC2)ccc1OC(C)(C)C(=O)O. The molecule has 0 aromatic heterocycles. The fourth-order valence-electron chi connectivity index (χ4n) is 3.34. The second-order valence-electron chi connectivity index (χ2n) is 8.80. The molecule has 2 aromatic rings. The summed E-state index contributed by atoms with van der Waals surface area (Å²) in [7, 11) is 0. The minimum absolute atomic E-state index is 0.0545. The van der Waals surface area contributed by atoms with Crippen molar-refractivity contribution in [2.24, 2.45) is 5.92 Å². The average Bonchev–Trinajstić information content (AvgIpc) is 3.50. The number of carboxylic acids is 1. The van der Waals surface area contributed by atoms with E-state index < -0.39 is 23.2 Å². The summed E-state index contributed by atoms with van der Waals surface area (Å²) in [6.45, 7) is 6.12. The molecule has 0 atom stereocenters. The highest BCUT2D eigenvalue weighted by molar-refractivity contribution is 5.92. The van der Waals surface area contributed by atoms with Gasteiger partial charge in [-0.3, -0.25) is 9.69 Å². The van der Waals surface area contributed by atoms with Crippen molar-refractivity contribution in [3.63, 3.8) is 0 Å². The lowest BCUT2D eigenvalue weighted by Gasteiger charge is -2.24. The lowest BCUT2D eigenvalue weighted by molar-refractivity contribution is -0.152. The van der Waals surface area contributed by atoms with Gasteiger partial charge in [-0.25, -0.2) is 13.6 Å². The first-order valence-electron chi connectivity index (χ1n) is 10.5. The van der Waals surface area contributed by atoms with Crippen molar-refractivity contribution in [1.29, 1.82) is 0 Å². The minimum Gasteiger partial charge on any atom is -0.478 e. The van der Waals surface area contributed by atoms with Crippen LogP contribution in [0.2, 0.25) is 0 Å². The number of amides is 1. The van der Waals surface area contributed by atoms with Crippen LogP contribution in [0.5, 0.6) is 5.75 Å². The van der Waals surface area contributed by atoms with E-state index >= 15 is 0 Å². The summed E-state index contributed by atoms with van der Waals surface area (Å²) < 4.78 is 32.6. The highest BCUT2D eigenvalue weighted by Crippen LogP contribution is 2.31. The Morgan fingerprint density at radius 3 is 2.50 bits per heavy atom. The van der Waals surface area contributed by atoms with Gasteiger partial charge in [0.25, 0.3) is 0 Å². The molecule has 3 rings (SSSR count). The quantitative estimate of drug-likeness (QED) is 0.567. The number of halogens is 2. The van der Waals surface area contributed by atoms with Crippen LogP contribution in [0, 0.1) is 24.5 Å². The van der Waals surface area contributed by atoms with E-state index in [9.17, 15) is 23.5 Å². The van der Waals surface area contributed by atoms with Crippen LogP contribution in [-0.2, 0) is 16.1 Å². The molecule has 0 bridgehead atoms. The molecule has 32 heavy (non-hydrogen) atoms. The third kappa shape index (κ3) is 6.50. The second-order valence-corrected chi connectivity index (χ2v) is 8.80. The maximum Gasteiger partial charge on any atom is 0.347 e. The van der Waals surface area contributed by atoms with Gasteiger partial charge in [-0.1, -0.05) is 12.1 Å². The van der Waals surface area contributed by atoms with Gasteiger partial charge in [0, 0.05) is 19.2 Å². The number of hydrogen-bond donors (Lipinski definition) is 2. The Hall–Kier alpha value is -3.00. The molecule has 1 saturated carbocycles. The Balaban J connectivity index is 1.66. The van der Waals surface area contributed by atoms with Crippen LogP contribution < -0.4 is 10.1 Å². The third-order valence-electron chi connectivity index (χ3n) is 5.31. The van der Waals surface area contributed by atoms with Crippen LogP contribution in [0.25, 0.3) is 0 Å². The lowest BCUT2D eigenvalue weighted by Crippen LogP contribution is -2.38. The molecule has 0 spiro atoms. The van der Waals surface area contributed by atoms with Crippen LogP contribution in [0.15, 0.2) is 36.4 Å². The summed E-state index contributed by atoms with van der Waals surface area (Å²) in [4.78, 5) is 25.8. The molecule has 0 aliphatic heterocycles. The molecule has 0 heterocycles. The van der Waals surface area contributed by atoms with E-state index in [-0.39, 0.29) is 18.1 Å². The van der Waals surface area contributed by atoms with E-state index in [0.717, 1.165) is 42.6 Å². The fraction of sp³-hybridized carbons (Fsp3) is 0.417. The number of hydrogen-bond acceptors (Lipinski definition) is 4. The van der Waals surface area contributed by atoms with Gasteiger partial charge in [-0.15, -0.1) is 0 Å². The van der Waals surface area contributed by atoms with Crippen molar-refractivity contribution < 1.29 is 28.2 Å². The first kappa shape index (κ1) is 23.7. The van der Waals surface area contributed by atoms with Crippen LogP contribution in [0.3, 0.4) is 0 Å². The van der Waals surface area contributed by atoms with Crippen molar-refractivity contribution in [3.05, 3.63) is 59.2 Å². The molecule has 172 valence electrons. The zero-order valence-corrected chi connectivity index (χ0v) is 18.5. The van der Waals surface area contributed by atoms with Gasteiger partial charge in [0.1, 0.15) is 17.4 Å². The Bertz CT molecular complexity index is 1010. The Labute approximate surface area is 186 Å². The maximum absolute atomic E-state index is 13.8. The van der Waals surface area contributed by atoms with Gasteiger partial charge in [-0.2, -0.15) is 0 Å². The number of aliphatic carboxylic acids is 1. The van der Waals surface area contributed by atoms with E-state index in [2.05, 4.69) is 5.32 Å². The Kier molecular flexibility index (Phi) is 7.13. The first-order valence-corrected chi connectivity index (χ1v) is 10.5. The molecule has 2 aromatic carbocycles. The van der Waals surface area contributed by atoms with Crippen LogP contribution in [0.4, 0.5) is 14.5 Å². The van der Waals surface area contributed by atoms with E-state index in [4.69, 9.17) is 4.74 Å². The van der Waals surface area contributed by atoms with E-state index in [0.29, 0.717) is 18.2 Å². The summed E-state index contributed by atoms with van der Waals surface area (Å²) in [5, 5.41) is 11.8. The average molecular weight is 446 g/mol. The lowest BCUT2D eigenvalue weighted by atomic mass is 10.1. The number of ether oxygens (including phenoxy) is 1. The van der Waals surface area contributed by atoms with Gasteiger partial charge < -0.3 is 15.2 Å². The van der Waals surface area contributed by atoms with Crippen molar-refractivity contribution >= 4 is 17.6 Å². The van der Waals surface area contributed by atoms with Gasteiger partial charge in [0.15, 0.2) is 5.60 Å². The second kappa shape index (κ2) is 9.65. The fourth-order valence-corrected chi connectivity index (χ4v) is 3.34. The van der Waals surface area contributed by atoms with Crippen molar-refractivity contribution in [3.8, 4) is 5.75 Å². The third-order valence-corrected chi connectivity index (χ3v) is 5.31. The summed E-state index contributed by atoms with van der Waals surface area (Å²) >= 11 is 0. The number of nitrogens with zero attached hydrogens (tertiary/aromatic N) is 1. The van der Waals surface area contributed by atoms with E-state index in [1.165, 1.54) is 19.9 Å². The molecule has 1 fully saturated rings. The monoisotopic (exact) mass is 446 g/mol. The van der Waals surface area contributed by atoms with Crippen molar-refractivity contribution in [2.75, 3.05) is 18.4 Å². The predicted octanol–water partition coefficient (Wildman–Crippen LogP) is 4.37. The molecular weight excluding hydrogens is 418 g/mol. The predicted molar refractivity (Wildman–Crippen MR) is 117 cm³/mol. The van der Waals surface area contributed by atoms with Gasteiger partial charge in [0.05, 0.1) is 12.2 Å². The standard InChI is InChI=1S/C24H28F2N2O4/c1-15-10-17(6-9-21(15)32-24(2,3)23(30)31)13-28(12-16-4-5-16)14-22(29)27-20-8-7-18(25)11-19(20)26/h6-11,16H,4-5,12-14H2,1-3H3,(H,27,29)(H,30,31). The number of nitrogens with one attached hydrogen (secondary N) is 1. The molecule has 1 amide bonds. The summed E-state index contributed by atoms with van der Waals surface area (Å²) in [6, 6.07) is 8.52. The zero-order chi connectivity index (χ0) is 23.5. The maximum atomic E-state index is 13.8. The molecule has 8 heteroatoms. The highest BCUT2D eigenvalue weighted by Gasteiger charge is 2.30. The Morgan fingerprint density at radius 2 is 1.91 bits per heavy atom. The van der Waals surface area contributed by atoms with Gasteiger partial charge >= 0.3 is 5.97 Å². The molecule has 0 radical (unpaired) electrons. The molecular formula is C24H28F2N2O4. The number of carbonyl (C=O) groups is 2. The van der Waals surface area contributed by atoms with E-state index in [1.807, 2.05) is 24.0 Å². The molecule has 0 saturated heterocycles. The number of carbonyl (C=O) groups excluding carboxylic acids is 1. The molecule has 0 unspecified atom stereocenters. The minimum atomic E-state index is -1.35. The molecule has 2 N–H and O–H groups in total. The van der Waals surface area contributed by atoms with Crippen molar-refractivity contribution in [1.82, 2.24) is 4.90 Å². The van der Waals surface area contributed by atoms with Crippen LogP contribution in [0.1, 0.15) is 37.8 Å². The van der Waals surface area contributed by atoms with Crippen molar-refractivity contribution in [2.45, 2.75) is 45.8 Å². The molecule has 1 aliphatic carbocycles. The van der Waals surface area contributed by atoms with E-state index in [1.54, 1.807) is 6.07 Å². The number of benzene rings is 2.